The molecule has 0 heterocycles. The van der Waals surface area contributed by atoms with Gasteiger partial charge in [-0.2, -0.15) is 0 Å². The lowest BCUT2D eigenvalue weighted by molar-refractivity contribution is 0.127. The van der Waals surface area contributed by atoms with Gasteiger partial charge in [0, 0.05) is 6.54 Å². The maximum atomic E-state index is 8.72. The Morgan fingerprint density at radius 1 is 1.27 bits per heavy atom. The van der Waals surface area contributed by atoms with E-state index in [1.54, 1.807) is 0 Å². The Kier molecular flexibility index (Phi) is 3.08. The van der Waals surface area contributed by atoms with E-state index in [0.29, 0.717) is 0 Å². The third kappa shape index (κ3) is 2.70. The minimum atomic E-state index is 0.106. The monoisotopic (exact) mass is 151 g/mol. The Balaban J connectivity index is 2.51. The molecule has 2 nitrogen and oxygen atoms in total. The van der Waals surface area contributed by atoms with Gasteiger partial charge in [-0.25, -0.2) is 0 Å². The third-order valence-electron chi connectivity index (χ3n) is 1.54. The van der Waals surface area contributed by atoms with Gasteiger partial charge in [-0.15, -0.1) is 0 Å². The molecule has 60 valence electrons. The number of aliphatic hydroxyl groups is 1. The summed E-state index contributed by atoms with van der Waals surface area (Å²) >= 11 is 0. The van der Waals surface area contributed by atoms with Crippen molar-refractivity contribution >= 4 is 0 Å². The van der Waals surface area contributed by atoms with Crippen molar-refractivity contribution in [2.75, 3.05) is 13.8 Å². The number of aliphatic hydroxyl groups excluding tert-OH is 1. The molecule has 0 atom stereocenters. The van der Waals surface area contributed by atoms with Crippen molar-refractivity contribution in [2.45, 2.75) is 6.54 Å². The molecular formula is C9H13NO. The number of nitrogens with zero attached hydrogens (tertiary/aromatic N) is 1. The van der Waals surface area contributed by atoms with E-state index in [0.717, 1.165) is 6.54 Å². The summed E-state index contributed by atoms with van der Waals surface area (Å²) in [4.78, 5) is 1.84. The van der Waals surface area contributed by atoms with Crippen LogP contribution in [0.2, 0.25) is 0 Å². The molecule has 0 fully saturated rings. The van der Waals surface area contributed by atoms with Gasteiger partial charge in [0.15, 0.2) is 0 Å². The molecule has 2 heteroatoms. The Morgan fingerprint density at radius 2 is 1.91 bits per heavy atom. The maximum absolute atomic E-state index is 8.72. The summed E-state index contributed by atoms with van der Waals surface area (Å²) in [5.41, 5.74) is 1.23. The molecule has 1 N–H and O–H groups in total. The van der Waals surface area contributed by atoms with E-state index in [1.165, 1.54) is 5.56 Å². The van der Waals surface area contributed by atoms with Gasteiger partial charge >= 0.3 is 0 Å². The maximum Gasteiger partial charge on any atom is 0.0956 e. The molecular weight excluding hydrogens is 138 g/mol. The quantitative estimate of drug-likeness (QED) is 0.653. The highest BCUT2D eigenvalue weighted by Crippen LogP contribution is 2.00. The predicted molar refractivity (Wildman–Crippen MR) is 45.0 cm³/mol. The molecule has 0 saturated heterocycles. The molecule has 1 aromatic rings. The average molecular weight is 151 g/mol. The average Bonchev–Trinajstić information content (AvgIpc) is 2.06. The Morgan fingerprint density at radius 3 is 2.45 bits per heavy atom. The summed E-state index contributed by atoms with van der Waals surface area (Å²) in [6.07, 6.45) is 0. The smallest absolute Gasteiger partial charge is 0.0956 e. The van der Waals surface area contributed by atoms with Crippen LogP contribution in [0.4, 0.5) is 0 Å². The summed E-state index contributed by atoms with van der Waals surface area (Å²) < 4.78 is 0. The molecule has 0 aliphatic heterocycles. The van der Waals surface area contributed by atoms with Gasteiger partial charge in [0.2, 0.25) is 0 Å². The standard InChI is InChI=1S/C9H13NO/c1-10(8-11)7-9-5-3-2-4-6-9/h2-6,11H,7-8H2,1H3. The summed E-state index contributed by atoms with van der Waals surface area (Å²) in [7, 11) is 1.88. The second-order valence-electron chi connectivity index (χ2n) is 2.64. The number of benzene rings is 1. The third-order valence-corrected chi connectivity index (χ3v) is 1.54. The van der Waals surface area contributed by atoms with Crippen LogP contribution >= 0.6 is 0 Å². The Hall–Kier alpha value is -0.860. The van der Waals surface area contributed by atoms with E-state index in [1.807, 2.05) is 42.3 Å². The van der Waals surface area contributed by atoms with Gasteiger partial charge in [-0.05, 0) is 12.6 Å². The molecule has 0 unspecified atom stereocenters. The lowest BCUT2D eigenvalue weighted by Gasteiger charge is -2.11. The summed E-state index contributed by atoms with van der Waals surface area (Å²) in [6.45, 7) is 0.909. The zero-order chi connectivity index (χ0) is 8.10. The first-order chi connectivity index (χ1) is 5.33. The van der Waals surface area contributed by atoms with Crippen LogP contribution in [0.1, 0.15) is 5.56 Å². The van der Waals surface area contributed by atoms with E-state index in [4.69, 9.17) is 5.11 Å². The van der Waals surface area contributed by atoms with Crippen LogP contribution < -0.4 is 0 Å². The predicted octanol–water partition coefficient (Wildman–Crippen LogP) is 1.07. The number of rotatable bonds is 3. The van der Waals surface area contributed by atoms with E-state index in [-0.39, 0.29) is 6.73 Å². The molecule has 0 saturated carbocycles. The largest absolute Gasteiger partial charge is 0.381 e. The van der Waals surface area contributed by atoms with Crippen molar-refractivity contribution < 1.29 is 5.11 Å². The minimum absolute atomic E-state index is 0.106. The van der Waals surface area contributed by atoms with E-state index < -0.39 is 0 Å². The SMILES string of the molecule is CN(CO)Cc1ccccc1. The second-order valence-corrected chi connectivity index (χ2v) is 2.64. The zero-order valence-electron chi connectivity index (χ0n) is 6.70. The lowest BCUT2D eigenvalue weighted by atomic mass is 10.2. The zero-order valence-corrected chi connectivity index (χ0v) is 6.70. The van der Waals surface area contributed by atoms with Crippen molar-refractivity contribution in [3.8, 4) is 0 Å². The lowest BCUT2D eigenvalue weighted by Crippen LogP contribution is -2.18. The number of hydrogen-bond acceptors (Lipinski definition) is 2. The van der Waals surface area contributed by atoms with Crippen molar-refractivity contribution in [1.29, 1.82) is 0 Å². The fourth-order valence-electron chi connectivity index (χ4n) is 0.945. The first kappa shape index (κ1) is 8.24. The van der Waals surface area contributed by atoms with Crippen LogP contribution in [0.3, 0.4) is 0 Å². The van der Waals surface area contributed by atoms with Gasteiger partial charge in [0.05, 0.1) is 6.73 Å². The highest BCUT2D eigenvalue weighted by molar-refractivity contribution is 5.14. The highest BCUT2D eigenvalue weighted by Gasteiger charge is 1.95. The van der Waals surface area contributed by atoms with Crippen LogP contribution in [0.15, 0.2) is 30.3 Å². The molecule has 1 aromatic carbocycles. The first-order valence-corrected chi connectivity index (χ1v) is 3.66. The molecule has 0 spiro atoms. The molecule has 0 amide bonds. The van der Waals surface area contributed by atoms with Crippen LogP contribution in [0, 0.1) is 0 Å². The number of hydrogen-bond donors (Lipinski definition) is 1. The fourth-order valence-corrected chi connectivity index (χ4v) is 0.945. The highest BCUT2D eigenvalue weighted by atomic mass is 16.3. The van der Waals surface area contributed by atoms with Gasteiger partial charge < -0.3 is 5.11 Å². The van der Waals surface area contributed by atoms with Gasteiger partial charge in [-0.3, -0.25) is 4.90 Å². The molecule has 0 aliphatic rings. The topological polar surface area (TPSA) is 23.5 Å². The fraction of sp³-hybridized carbons (Fsp3) is 0.333. The van der Waals surface area contributed by atoms with E-state index in [2.05, 4.69) is 0 Å². The minimum Gasteiger partial charge on any atom is -0.381 e. The normalized spacial score (nSPS) is 10.5. The van der Waals surface area contributed by atoms with Crippen LogP contribution in [-0.4, -0.2) is 23.8 Å². The van der Waals surface area contributed by atoms with Crippen molar-refractivity contribution in [1.82, 2.24) is 4.90 Å². The molecule has 0 bridgehead atoms. The molecule has 0 radical (unpaired) electrons. The van der Waals surface area contributed by atoms with Crippen molar-refractivity contribution in [3.05, 3.63) is 35.9 Å². The molecule has 11 heavy (non-hydrogen) atoms. The molecule has 0 aliphatic carbocycles. The molecule has 0 aromatic heterocycles. The van der Waals surface area contributed by atoms with E-state index in [9.17, 15) is 0 Å². The second kappa shape index (κ2) is 4.11. The van der Waals surface area contributed by atoms with Gasteiger partial charge in [0.25, 0.3) is 0 Å². The summed E-state index contributed by atoms with van der Waals surface area (Å²) in [5, 5.41) is 8.72. The van der Waals surface area contributed by atoms with Gasteiger partial charge in [0.1, 0.15) is 0 Å². The molecule has 1 rings (SSSR count). The van der Waals surface area contributed by atoms with Crippen LogP contribution in [-0.2, 0) is 6.54 Å². The van der Waals surface area contributed by atoms with Crippen LogP contribution in [0.5, 0.6) is 0 Å². The van der Waals surface area contributed by atoms with Gasteiger partial charge in [-0.1, -0.05) is 30.3 Å². The Labute approximate surface area is 67.1 Å². The first-order valence-electron chi connectivity index (χ1n) is 3.66. The summed E-state index contributed by atoms with van der Waals surface area (Å²) in [5.74, 6) is 0. The van der Waals surface area contributed by atoms with Crippen LogP contribution in [0.25, 0.3) is 0 Å². The van der Waals surface area contributed by atoms with E-state index >= 15 is 0 Å². The van der Waals surface area contributed by atoms with Crippen molar-refractivity contribution in [2.24, 2.45) is 0 Å². The summed E-state index contributed by atoms with van der Waals surface area (Å²) in [6, 6.07) is 10.1. The van der Waals surface area contributed by atoms with Crippen molar-refractivity contribution in [3.63, 3.8) is 0 Å². The Bertz CT molecular complexity index is 198.